The minimum absolute atomic E-state index is 0.306. The highest BCUT2D eigenvalue weighted by Gasteiger charge is 2.31. The summed E-state index contributed by atoms with van der Waals surface area (Å²) in [7, 11) is 2.13. The Labute approximate surface area is 198 Å². The molecule has 2 saturated heterocycles. The summed E-state index contributed by atoms with van der Waals surface area (Å²) in [6, 6.07) is 4.14. The largest absolute Gasteiger partial charge is 0.489 e. The van der Waals surface area contributed by atoms with Crippen molar-refractivity contribution in [2.75, 3.05) is 38.1 Å². The van der Waals surface area contributed by atoms with Crippen LogP contribution in [-0.2, 0) is 16.1 Å². The third-order valence-electron chi connectivity index (χ3n) is 5.92. The van der Waals surface area contributed by atoms with Crippen molar-refractivity contribution < 1.29 is 9.47 Å². The Morgan fingerprint density at radius 1 is 1.12 bits per heavy atom. The van der Waals surface area contributed by atoms with Gasteiger partial charge in [0.25, 0.3) is 0 Å². The first-order valence-corrected chi connectivity index (χ1v) is 12.2. The molecule has 0 radical (unpaired) electrons. The first-order chi connectivity index (χ1) is 16.1. The monoisotopic (exact) mass is 453 g/mol. The van der Waals surface area contributed by atoms with Crippen molar-refractivity contribution in [3.05, 3.63) is 54.2 Å². The Morgan fingerprint density at radius 3 is 2.52 bits per heavy atom. The van der Waals surface area contributed by atoms with Gasteiger partial charge in [0.05, 0.1) is 24.1 Å². The summed E-state index contributed by atoms with van der Waals surface area (Å²) in [6.07, 6.45) is 7.65. The Bertz CT molecular complexity index is 944. The van der Waals surface area contributed by atoms with Crippen LogP contribution in [0, 0.1) is 0 Å². The molecule has 2 aromatic heterocycles. The molecular formula is C26H39N5O2. The quantitative estimate of drug-likeness (QED) is 0.670. The summed E-state index contributed by atoms with van der Waals surface area (Å²) < 4.78 is 13.7. The highest BCUT2D eigenvalue weighted by atomic mass is 16.5. The highest BCUT2D eigenvalue weighted by Crippen LogP contribution is 2.32. The molecule has 2 aromatic rings. The number of hydrogen-bond donors (Lipinski definition) is 0. The molecule has 7 heteroatoms. The Balaban J connectivity index is 0.000000728. The van der Waals surface area contributed by atoms with E-state index in [2.05, 4.69) is 35.6 Å². The molecule has 0 saturated carbocycles. The number of likely N-dealkylation sites (tertiary alicyclic amines) is 1. The zero-order valence-corrected chi connectivity index (χ0v) is 21.0. The average Bonchev–Trinajstić information content (AvgIpc) is 3.48. The number of pyridine rings is 1. The summed E-state index contributed by atoms with van der Waals surface area (Å²) in [5.74, 6) is 1.67. The van der Waals surface area contributed by atoms with Crippen LogP contribution in [0.15, 0.2) is 42.9 Å². The molecule has 33 heavy (non-hydrogen) atoms. The number of fused-ring (bicyclic) bond motifs is 1. The summed E-state index contributed by atoms with van der Waals surface area (Å²) in [6.45, 7) is 18.4. The van der Waals surface area contributed by atoms with Crippen LogP contribution in [0.25, 0.3) is 11.3 Å². The maximum absolute atomic E-state index is 6.19. The van der Waals surface area contributed by atoms with Gasteiger partial charge in [0, 0.05) is 43.5 Å². The van der Waals surface area contributed by atoms with E-state index in [1.54, 1.807) is 0 Å². The van der Waals surface area contributed by atoms with E-state index in [1.807, 2.05) is 57.8 Å². The highest BCUT2D eigenvalue weighted by molar-refractivity contribution is 5.77. The summed E-state index contributed by atoms with van der Waals surface area (Å²) in [5, 5.41) is 4.75. The van der Waals surface area contributed by atoms with Crippen LogP contribution in [-0.4, -0.2) is 65.1 Å². The molecule has 0 aromatic carbocycles. The normalized spacial score (nSPS) is 21.4. The minimum atomic E-state index is 0.306. The number of aromatic nitrogens is 3. The van der Waals surface area contributed by atoms with Crippen molar-refractivity contribution in [2.45, 2.75) is 59.9 Å². The standard InChI is InChI=1S/C22H27N5O2.2C2H6/c1-4-20-15(2)28-14-16-10-27(24-22(16)20)17-5-6-21(23-9-17)26-8-7-18(13-26)29-19-11-25(3)12-19;2*1-2/h4-6,9-10,18-19H,2,7-8,11-14H2,1,3H3;2*1-2H3/b20-4+;;. The lowest BCUT2D eigenvalue weighted by Crippen LogP contribution is -2.51. The van der Waals surface area contributed by atoms with E-state index in [1.165, 1.54) is 0 Å². The lowest BCUT2D eigenvalue weighted by Gasteiger charge is -2.37. The molecule has 0 aliphatic carbocycles. The molecule has 0 N–H and O–H groups in total. The van der Waals surface area contributed by atoms with E-state index >= 15 is 0 Å². The van der Waals surface area contributed by atoms with Crippen molar-refractivity contribution in [1.82, 2.24) is 19.7 Å². The fourth-order valence-corrected chi connectivity index (χ4v) is 4.29. The van der Waals surface area contributed by atoms with Crippen LogP contribution in [0.4, 0.5) is 5.82 Å². The molecule has 1 unspecified atom stereocenters. The third kappa shape index (κ3) is 5.47. The van der Waals surface area contributed by atoms with Crippen LogP contribution in [0.2, 0.25) is 0 Å². The number of rotatable bonds is 4. The molecule has 3 aliphatic heterocycles. The number of ether oxygens (including phenoxy) is 2. The van der Waals surface area contributed by atoms with E-state index in [0.717, 1.165) is 60.9 Å². The molecule has 2 fully saturated rings. The second kappa shape index (κ2) is 11.5. The molecule has 0 bridgehead atoms. The predicted octanol–water partition coefficient (Wildman–Crippen LogP) is 4.68. The predicted molar refractivity (Wildman–Crippen MR) is 135 cm³/mol. The average molecular weight is 454 g/mol. The minimum Gasteiger partial charge on any atom is -0.489 e. The van der Waals surface area contributed by atoms with Gasteiger partial charge >= 0.3 is 0 Å². The number of anilines is 1. The van der Waals surface area contributed by atoms with E-state index in [4.69, 9.17) is 19.6 Å². The topological polar surface area (TPSA) is 55.6 Å². The maximum atomic E-state index is 6.19. The van der Waals surface area contributed by atoms with Crippen molar-refractivity contribution in [2.24, 2.45) is 0 Å². The molecule has 5 heterocycles. The summed E-state index contributed by atoms with van der Waals surface area (Å²) >= 11 is 0. The Hall–Kier alpha value is -2.64. The fourth-order valence-electron chi connectivity index (χ4n) is 4.29. The molecule has 180 valence electrons. The van der Waals surface area contributed by atoms with Gasteiger partial charge in [0.15, 0.2) is 0 Å². The first kappa shape index (κ1) is 25.0. The first-order valence-electron chi connectivity index (χ1n) is 12.2. The molecule has 1 atom stereocenters. The van der Waals surface area contributed by atoms with Gasteiger partial charge in [0.1, 0.15) is 23.9 Å². The second-order valence-corrected chi connectivity index (χ2v) is 8.07. The number of allylic oxidation sites excluding steroid dienone is 2. The Morgan fingerprint density at radius 2 is 1.88 bits per heavy atom. The van der Waals surface area contributed by atoms with Crippen molar-refractivity contribution in [3.8, 4) is 5.69 Å². The number of likely N-dealkylation sites (N-methyl/N-ethyl adjacent to an activating group) is 1. The van der Waals surface area contributed by atoms with Gasteiger partial charge in [-0.05, 0) is 32.5 Å². The van der Waals surface area contributed by atoms with Gasteiger partial charge < -0.3 is 19.3 Å². The number of nitrogens with zero attached hydrogens (tertiary/aromatic N) is 5. The maximum Gasteiger partial charge on any atom is 0.128 e. The lowest BCUT2D eigenvalue weighted by molar-refractivity contribution is -0.0760. The molecule has 0 spiro atoms. The lowest BCUT2D eigenvalue weighted by atomic mass is 10.1. The van der Waals surface area contributed by atoms with Crippen LogP contribution < -0.4 is 4.90 Å². The van der Waals surface area contributed by atoms with Gasteiger partial charge in [-0.3, -0.25) is 0 Å². The molecule has 0 amide bonds. The van der Waals surface area contributed by atoms with Crippen molar-refractivity contribution >= 4 is 11.4 Å². The summed E-state index contributed by atoms with van der Waals surface area (Å²) in [5.41, 5.74) is 3.90. The second-order valence-electron chi connectivity index (χ2n) is 8.07. The number of hydrogen-bond acceptors (Lipinski definition) is 6. The fraction of sp³-hybridized carbons (Fsp3) is 0.538. The molecule has 7 nitrogen and oxygen atoms in total. The van der Waals surface area contributed by atoms with Gasteiger partial charge in [-0.25, -0.2) is 9.67 Å². The van der Waals surface area contributed by atoms with Gasteiger partial charge in [-0.2, -0.15) is 5.10 Å². The zero-order chi connectivity index (χ0) is 24.0. The SMILES string of the molecule is C=C1OCc2cn(-c3ccc(N4CCC(OC5CN(C)C5)C4)nc3)nc2/C1=C/C.CC.CC. The van der Waals surface area contributed by atoms with Gasteiger partial charge in [-0.15, -0.1) is 0 Å². The van der Waals surface area contributed by atoms with Crippen molar-refractivity contribution in [1.29, 1.82) is 0 Å². The van der Waals surface area contributed by atoms with E-state index in [-0.39, 0.29) is 0 Å². The smallest absolute Gasteiger partial charge is 0.128 e. The van der Waals surface area contributed by atoms with E-state index in [9.17, 15) is 0 Å². The molecule has 5 rings (SSSR count). The van der Waals surface area contributed by atoms with Crippen LogP contribution in [0.1, 0.15) is 52.3 Å². The van der Waals surface area contributed by atoms with Crippen LogP contribution in [0.5, 0.6) is 0 Å². The van der Waals surface area contributed by atoms with Gasteiger partial charge in [-0.1, -0.05) is 40.3 Å². The van der Waals surface area contributed by atoms with E-state index < -0.39 is 0 Å². The Kier molecular flexibility index (Phi) is 8.69. The summed E-state index contributed by atoms with van der Waals surface area (Å²) in [4.78, 5) is 9.29. The zero-order valence-electron chi connectivity index (χ0n) is 21.0. The van der Waals surface area contributed by atoms with Crippen LogP contribution >= 0.6 is 0 Å². The third-order valence-corrected chi connectivity index (χ3v) is 5.92. The molecular weight excluding hydrogens is 414 g/mol. The van der Waals surface area contributed by atoms with Gasteiger partial charge in [0.2, 0.25) is 0 Å². The van der Waals surface area contributed by atoms with E-state index in [0.29, 0.717) is 24.6 Å². The van der Waals surface area contributed by atoms with Crippen LogP contribution in [0.3, 0.4) is 0 Å². The van der Waals surface area contributed by atoms with Crippen molar-refractivity contribution in [3.63, 3.8) is 0 Å². The molecule has 3 aliphatic rings.